The van der Waals surface area contributed by atoms with Gasteiger partial charge in [-0.3, -0.25) is 19.2 Å². The van der Waals surface area contributed by atoms with E-state index >= 15 is 0 Å². The molecule has 3 atom stereocenters. The summed E-state index contributed by atoms with van der Waals surface area (Å²) in [5.41, 5.74) is -6.04. The van der Waals surface area contributed by atoms with Gasteiger partial charge in [-0.1, -0.05) is 6.07 Å². The summed E-state index contributed by atoms with van der Waals surface area (Å²) >= 11 is 0. The average Bonchev–Trinajstić information content (AvgIpc) is 3.98. The van der Waals surface area contributed by atoms with E-state index in [1.54, 1.807) is 6.92 Å². The van der Waals surface area contributed by atoms with E-state index in [2.05, 4.69) is 15.3 Å². The number of rotatable bonds is 11. The summed E-state index contributed by atoms with van der Waals surface area (Å²) in [5.74, 6) is -6.73. The molecule has 1 aromatic carbocycles. The zero-order chi connectivity index (χ0) is 45.3. The smallest absolute Gasteiger partial charge is 0.417 e. The normalized spacial score (nSPS) is 26.2. The number of amides is 4. The maximum atomic E-state index is 14.6. The highest BCUT2D eigenvalue weighted by molar-refractivity contribution is 5.95. The minimum absolute atomic E-state index is 0.0745. The number of benzene rings is 1. The third-order valence-corrected chi connectivity index (χ3v) is 14.3. The van der Waals surface area contributed by atoms with Crippen LogP contribution in [-0.2, 0) is 30.0 Å². The molecule has 15 nitrogen and oxygen atoms in total. The first-order chi connectivity index (χ1) is 29.6. The molecule has 2 bridgehead atoms. The number of carboxylic acid groups (broad SMARTS) is 1. The van der Waals surface area contributed by atoms with Gasteiger partial charge in [-0.05, 0) is 81.9 Å². The number of aromatic hydroxyl groups is 1. The number of hydrogen-bond donors (Lipinski definition) is 3. The second kappa shape index (κ2) is 16.2. The lowest BCUT2D eigenvalue weighted by Crippen LogP contribution is -2.67. The van der Waals surface area contributed by atoms with Crippen LogP contribution in [0.25, 0.3) is 0 Å². The molecule has 7 fully saturated rings. The molecule has 2 aliphatic carbocycles. The predicted molar refractivity (Wildman–Crippen MR) is 205 cm³/mol. The van der Waals surface area contributed by atoms with Crippen molar-refractivity contribution in [3.8, 4) is 5.88 Å². The van der Waals surface area contributed by atoms with Crippen LogP contribution in [0, 0.1) is 22.2 Å². The van der Waals surface area contributed by atoms with Gasteiger partial charge in [0.05, 0.1) is 54.9 Å². The number of nitrogens with one attached hydrogen (secondary N) is 1. The van der Waals surface area contributed by atoms with E-state index in [1.165, 1.54) is 15.9 Å². The van der Waals surface area contributed by atoms with E-state index in [9.17, 15) is 60.5 Å². The highest BCUT2D eigenvalue weighted by atomic mass is 19.4. The maximum absolute atomic E-state index is 14.6. The summed E-state index contributed by atoms with van der Waals surface area (Å²) in [5, 5.41) is 21.8. The summed E-state index contributed by atoms with van der Waals surface area (Å²) in [6.45, 7) is 1.55. The number of likely N-dealkylation sites (tertiary alicyclic amines) is 3. The number of nitrogens with zero attached hydrogens (tertiary/aromatic N) is 5. The number of aromatic nitrogens is 2. The van der Waals surface area contributed by atoms with E-state index < -0.39 is 93.8 Å². The van der Waals surface area contributed by atoms with Gasteiger partial charge < -0.3 is 39.7 Å². The first-order valence-corrected chi connectivity index (χ1v) is 21.1. The van der Waals surface area contributed by atoms with Crippen molar-refractivity contribution in [2.75, 3.05) is 52.5 Å². The van der Waals surface area contributed by atoms with E-state index in [1.807, 2.05) is 0 Å². The first kappa shape index (κ1) is 44.6. The van der Waals surface area contributed by atoms with Crippen molar-refractivity contribution in [3.05, 3.63) is 53.0 Å². The number of piperidine rings is 1. The minimum Gasteiger partial charge on any atom is -0.492 e. The molecule has 6 heterocycles. The highest BCUT2D eigenvalue weighted by Crippen LogP contribution is 2.60. The molecule has 2 saturated carbocycles. The molecule has 3 N–H and O–H groups in total. The summed E-state index contributed by atoms with van der Waals surface area (Å²) in [4.78, 5) is 79.1. The number of hydrogen-bond acceptors (Lipinski definition) is 10. The fourth-order valence-electron chi connectivity index (χ4n) is 10.2. The zero-order valence-corrected chi connectivity index (χ0v) is 34.3. The van der Waals surface area contributed by atoms with Gasteiger partial charge in [0.1, 0.15) is 17.2 Å². The van der Waals surface area contributed by atoms with E-state index in [4.69, 9.17) is 9.47 Å². The van der Waals surface area contributed by atoms with Crippen LogP contribution in [0.5, 0.6) is 5.88 Å². The third kappa shape index (κ3) is 8.42. The van der Waals surface area contributed by atoms with Crippen molar-refractivity contribution >= 4 is 29.6 Å². The second-order valence-electron chi connectivity index (χ2n) is 18.3. The minimum atomic E-state index is -4.91. The van der Waals surface area contributed by atoms with Crippen LogP contribution in [0.1, 0.15) is 96.2 Å². The molecule has 1 aromatic heterocycles. The maximum Gasteiger partial charge on any atom is 0.417 e. The third-order valence-electron chi connectivity index (χ3n) is 14.3. The quantitative estimate of drug-likeness (QED) is 0.271. The standard InChI is InChI=1S/C42H48F6N6O9/c1-23(62-21-38-8-4-26(5-9-38)63-22-38)32(35(58)52-12-6-24(7-13-52)25-2-3-27(36(59)60)28(14-25)41(43,44)45)51-33(56)29-17-53(34(57)30-15-50-31(55)16-49-30)18-39(29)19-54(20-39)37(61)40(10-11-40)42(46,47)48/h2-3,14-16,23-24,26,29,32H,4-13,17-22H2,1H3,(H,50,55)(H,51,56)(H,59,60)/t23-,26?,29+,32+,38?/m1/s1. The molecule has 2 aromatic rings. The molecular weight excluding hydrogens is 846 g/mol. The Morgan fingerprint density at radius 3 is 2.14 bits per heavy atom. The number of alkyl halides is 6. The van der Waals surface area contributed by atoms with Crippen molar-refractivity contribution < 1.29 is 70.0 Å². The van der Waals surface area contributed by atoms with Crippen LogP contribution in [0.3, 0.4) is 0 Å². The van der Waals surface area contributed by atoms with E-state index in [-0.39, 0.29) is 94.3 Å². The summed E-state index contributed by atoms with van der Waals surface area (Å²) in [7, 11) is 0. The lowest BCUT2D eigenvalue weighted by Gasteiger charge is -2.51. The Morgan fingerprint density at radius 2 is 1.59 bits per heavy atom. The van der Waals surface area contributed by atoms with Crippen LogP contribution in [-0.4, -0.2) is 141 Å². The van der Waals surface area contributed by atoms with Gasteiger partial charge in [-0.15, -0.1) is 0 Å². The van der Waals surface area contributed by atoms with Crippen LogP contribution in [0.15, 0.2) is 30.6 Å². The Kier molecular flexibility index (Phi) is 11.4. The van der Waals surface area contributed by atoms with E-state index in [0.717, 1.165) is 55.1 Å². The molecule has 342 valence electrons. The molecule has 4 amide bonds. The molecule has 0 unspecified atom stereocenters. The largest absolute Gasteiger partial charge is 0.492 e. The van der Waals surface area contributed by atoms with Crippen molar-refractivity contribution in [1.82, 2.24) is 30.0 Å². The Labute approximate surface area is 357 Å². The highest BCUT2D eigenvalue weighted by Gasteiger charge is 2.72. The molecule has 21 heteroatoms. The monoisotopic (exact) mass is 894 g/mol. The molecule has 9 rings (SSSR count). The van der Waals surface area contributed by atoms with Crippen molar-refractivity contribution in [3.63, 3.8) is 0 Å². The lowest BCUT2D eigenvalue weighted by molar-refractivity contribution is -0.205. The number of ether oxygens (including phenoxy) is 2. The van der Waals surface area contributed by atoms with Crippen molar-refractivity contribution in [2.24, 2.45) is 22.2 Å². The van der Waals surface area contributed by atoms with Gasteiger partial charge in [0.2, 0.25) is 23.6 Å². The van der Waals surface area contributed by atoms with Crippen LogP contribution in [0.4, 0.5) is 26.3 Å². The fraction of sp³-hybridized carbons (Fsp3) is 0.643. The SMILES string of the molecule is C[C@@H](OCC12CCC(CC1)OC2)[C@H](NC(=O)[C@@H]1CN(C(=O)c2cnc(O)cn2)CC12CN(C(=O)C1(C(F)(F)F)CC1)C2)C(=O)N1CCC(c2ccc(C(=O)O)c(C(F)(F)F)c2)CC1. The topological polar surface area (TPSA) is 192 Å². The van der Waals surface area contributed by atoms with Gasteiger partial charge >= 0.3 is 18.3 Å². The number of carbonyl (C=O) groups is 5. The first-order valence-electron chi connectivity index (χ1n) is 21.1. The Bertz CT molecular complexity index is 2110. The van der Waals surface area contributed by atoms with Gasteiger partial charge in [-0.2, -0.15) is 26.3 Å². The molecule has 63 heavy (non-hydrogen) atoms. The number of carbonyl (C=O) groups excluding carboxylic acids is 4. The van der Waals surface area contributed by atoms with Gasteiger partial charge in [-0.25, -0.2) is 14.8 Å². The molecule has 1 spiro atoms. The second-order valence-corrected chi connectivity index (χ2v) is 18.3. The van der Waals surface area contributed by atoms with Crippen molar-refractivity contribution in [1.29, 1.82) is 0 Å². The van der Waals surface area contributed by atoms with Crippen LogP contribution >= 0.6 is 0 Å². The molecule has 5 saturated heterocycles. The van der Waals surface area contributed by atoms with Gasteiger partial charge in [0.15, 0.2) is 0 Å². The predicted octanol–water partition coefficient (Wildman–Crippen LogP) is 4.40. The Balaban J connectivity index is 1.02. The van der Waals surface area contributed by atoms with Crippen molar-refractivity contribution in [2.45, 2.75) is 94.8 Å². The summed E-state index contributed by atoms with van der Waals surface area (Å²) < 4.78 is 95.9. The molecule has 5 aliphatic heterocycles. The number of fused-ring (bicyclic) bond motifs is 3. The molecule has 7 aliphatic rings. The number of aromatic carboxylic acids is 1. The Morgan fingerprint density at radius 1 is 0.921 bits per heavy atom. The van der Waals surface area contributed by atoms with Gasteiger partial charge in [0.25, 0.3) is 5.91 Å². The molecule has 0 radical (unpaired) electrons. The molecular formula is C42H48F6N6O9. The summed E-state index contributed by atoms with van der Waals surface area (Å²) in [6, 6.07) is 1.77. The van der Waals surface area contributed by atoms with E-state index in [0.29, 0.717) is 6.61 Å². The lowest BCUT2D eigenvalue weighted by atomic mass is 9.70. The Hall–Kier alpha value is -5.05. The van der Waals surface area contributed by atoms with Crippen LogP contribution in [0.2, 0.25) is 0 Å². The number of halogens is 6. The average molecular weight is 895 g/mol. The summed E-state index contributed by atoms with van der Waals surface area (Å²) in [6.07, 6.45) is -5.31. The van der Waals surface area contributed by atoms with Crippen LogP contribution < -0.4 is 5.32 Å². The fourth-order valence-corrected chi connectivity index (χ4v) is 10.2. The zero-order valence-electron chi connectivity index (χ0n) is 34.3. The van der Waals surface area contributed by atoms with Gasteiger partial charge in [0, 0.05) is 50.1 Å². The number of carboxylic acids is 1.